The van der Waals surface area contributed by atoms with Gasteiger partial charge in [-0.3, -0.25) is 14.9 Å². The summed E-state index contributed by atoms with van der Waals surface area (Å²) in [5.74, 6) is -1.11. The second-order valence-corrected chi connectivity index (χ2v) is 9.10. The van der Waals surface area contributed by atoms with Crippen LogP contribution in [0.2, 0.25) is 0 Å². The molecule has 184 valence electrons. The highest BCUT2D eigenvalue weighted by molar-refractivity contribution is 14.1. The van der Waals surface area contributed by atoms with Crippen molar-refractivity contribution in [2.45, 2.75) is 20.5 Å². The van der Waals surface area contributed by atoms with Crippen molar-refractivity contribution < 1.29 is 28.2 Å². The Bertz CT molecular complexity index is 1370. The molecule has 1 aliphatic rings. The summed E-state index contributed by atoms with van der Waals surface area (Å²) in [6.45, 7) is 4.03. The summed E-state index contributed by atoms with van der Waals surface area (Å²) in [4.78, 5) is 39.1. The summed E-state index contributed by atoms with van der Waals surface area (Å²) in [6, 6.07) is 15.7. The summed E-state index contributed by atoms with van der Waals surface area (Å²) < 4.78 is 26.3. The molecule has 1 fully saturated rings. The minimum atomic E-state index is -0.813. The molecule has 1 aliphatic heterocycles. The monoisotopic (exact) mass is 600 g/mol. The van der Waals surface area contributed by atoms with Gasteiger partial charge in [-0.05, 0) is 78.4 Å². The molecular weight excluding hydrogens is 578 g/mol. The largest absolute Gasteiger partial charge is 0.490 e. The van der Waals surface area contributed by atoms with Crippen LogP contribution in [-0.2, 0) is 16.2 Å². The minimum Gasteiger partial charge on any atom is -0.490 e. The minimum absolute atomic E-state index is 0.00228. The number of anilines is 1. The van der Waals surface area contributed by atoms with Crippen molar-refractivity contribution in [1.82, 2.24) is 5.32 Å². The van der Waals surface area contributed by atoms with Gasteiger partial charge in [-0.15, -0.1) is 0 Å². The molecule has 0 atom stereocenters. The highest BCUT2D eigenvalue weighted by Gasteiger charge is 2.36. The number of aryl methyl sites for hydroxylation is 1. The van der Waals surface area contributed by atoms with Crippen molar-refractivity contribution >= 4 is 52.2 Å². The lowest BCUT2D eigenvalue weighted by molar-refractivity contribution is -0.122. The third-order valence-corrected chi connectivity index (χ3v) is 6.17. The van der Waals surface area contributed by atoms with Crippen molar-refractivity contribution in [1.29, 1.82) is 0 Å². The molecule has 0 aromatic heterocycles. The third kappa shape index (κ3) is 5.40. The first kappa shape index (κ1) is 25.4. The first-order valence-corrected chi connectivity index (χ1v) is 12.2. The van der Waals surface area contributed by atoms with Crippen LogP contribution >= 0.6 is 22.6 Å². The number of hydrogen-bond donors (Lipinski definition) is 1. The fraction of sp³-hybridized carbons (Fsp3) is 0.148. The van der Waals surface area contributed by atoms with Crippen LogP contribution in [0.4, 0.5) is 14.9 Å². The van der Waals surface area contributed by atoms with E-state index in [1.54, 1.807) is 54.6 Å². The number of carbonyl (C=O) groups is 3. The number of rotatable bonds is 7. The van der Waals surface area contributed by atoms with E-state index in [0.717, 1.165) is 10.5 Å². The molecule has 9 heteroatoms. The van der Waals surface area contributed by atoms with E-state index in [4.69, 9.17) is 9.47 Å². The standard InChI is InChI=1S/C27H22FIN2O5/c1-3-35-23-14-17(13-22(29)24(23)36-15-18-6-4-5-7-21(18)28)12-20-25(32)30-27(34)31(26(20)33)19-10-8-16(2)9-11-19/h4-14H,3,15H2,1-2H3,(H,30,32,34)/b20-12+. The number of barbiturate groups is 1. The Labute approximate surface area is 221 Å². The fourth-order valence-corrected chi connectivity index (χ4v) is 4.37. The maximum atomic E-state index is 14.0. The average molecular weight is 600 g/mol. The van der Waals surface area contributed by atoms with Gasteiger partial charge in [0.05, 0.1) is 15.9 Å². The summed E-state index contributed by atoms with van der Waals surface area (Å²) in [5, 5.41) is 2.22. The van der Waals surface area contributed by atoms with Crippen LogP contribution in [0.15, 0.2) is 66.2 Å². The van der Waals surface area contributed by atoms with Gasteiger partial charge in [0.25, 0.3) is 11.8 Å². The zero-order valence-electron chi connectivity index (χ0n) is 19.5. The number of hydrogen-bond acceptors (Lipinski definition) is 5. The van der Waals surface area contributed by atoms with Crippen LogP contribution in [0.25, 0.3) is 6.08 Å². The molecule has 1 heterocycles. The molecule has 0 spiro atoms. The zero-order chi connectivity index (χ0) is 25.8. The topological polar surface area (TPSA) is 84.9 Å². The number of urea groups is 1. The second-order valence-electron chi connectivity index (χ2n) is 7.94. The number of ether oxygens (including phenoxy) is 2. The first-order valence-electron chi connectivity index (χ1n) is 11.1. The number of nitrogens with one attached hydrogen (secondary N) is 1. The average Bonchev–Trinajstić information content (AvgIpc) is 2.83. The number of amides is 4. The van der Waals surface area contributed by atoms with Gasteiger partial charge < -0.3 is 9.47 Å². The van der Waals surface area contributed by atoms with Crippen LogP contribution in [0.1, 0.15) is 23.6 Å². The first-order chi connectivity index (χ1) is 17.3. The maximum Gasteiger partial charge on any atom is 0.335 e. The molecule has 36 heavy (non-hydrogen) atoms. The van der Waals surface area contributed by atoms with Crippen LogP contribution in [0.3, 0.4) is 0 Å². The molecular formula is C27H22FIN2O5. The Morgan fingerprint density at radius 3 is 2.44 bits per heavy atom. The highest BCUT2D eigenvalue weighted by Crippen LogP contribution is 2.36. The molecule has 4 amide bonds. The molecule has 0 aliphatic carbocycles. The van der Waals surface area contributed by atoms with E-state index in [1.807, 2.05) is 36.4 Å². The summed E-state index contributed by atoms with van der Waals surface area (Å²) >= 11 is 2.05. The van der Waals surface area contributed by atoms with Gasteiger partial charge in [0, 0.05) is 5.56 Å². The smallest absolute Gasteiger partial charge is 0.335 e. The Kier molecular flexibility index (Phi) is 7.68. The van der Waals surface area contributed by atoms with Crippen LogP contribution in [-0.4, -0.2) is 24.5 Å². The van der Waals surface area contributed by atoms with Crippen LogP contribution < -0.4 is 19.7 Å². The summed E-state index contributed by atoms with van der Waals surface area (Å²) in [6.07, 6.45) is 1.40. The van der Waals surface area contributed by atoms with Gasteiger partial charge in [-0.2, -0.15) is 0 Å². The number of nitrogens with zero attached hydrogens (tertiary/aromatic N) is 1. The lowest BCUT2D eigenvalue weighted by Crippen LogP contribution is -2.54. The van der Waals surface area contributed by atoms with Crippen molar-refractivity contribution in [3.05, 3.63) is 92.3 Å². The van der Waals surface area contributed by atoms with Crippen molar-refractivity contribution in [3.63, 3.8) is 0 Å². The van der Waals surface area contributed by atoms with Crippen LogP contribution in [0.5, 0.6) is 11.5 Å². The molecule has 1 saturated heterocycles. The van der Waals surface area contributed by atoms with Gasteiger partial charge in [-0.1, -0.05) is 35.9 Å². The van der Waals surface area contributed by atoms with E-state index in [2.05, 4.69) is 5.32 Å². The molecule has 1 N–H and O–H groups in total. The number of benzene rings is 3. The molecule has 3 aromatic rings. The van der Waals surface area contributed by atoms with Crippen LogP contribution in [0, 0.1) is 16.3 Å². The quantitative estimate of drug-likeness (QED) is 0.224. The van der Waals surface area contributed by atoms with E-state index in [0.29, 0.717) is 38.5 Å². The Hall–Kier alpha value is -3.73. The maximum absolute atomic E-state index is 14.0. The van der Waals surface area contributed by atoms with E-state index < -0.39 is 17.8 Å². The second kappa shape index (κ2) is 10.9. The lowest BCUT2D eigenvalue weighted by atomic mass is 10.1. The highest BCUT2D eigenvalue weighted by atomic mass is 127. The van der Waals surface area contributed by atoms with E-state index in [1.165, 1.54) is 12.1 Å². The van der Waals surface area contributed by atoms with Gasteiger partial charge in [-0.25, -0.2) is 14.1 Å². The normalized spacial score (nSPS) is 14.7. The SMILES string of the molecule is CCOc1cc(/C=C2\C(=O)NC(=O)N(c3ccc(C)cc3)C2=O)cc(I)c1OCc1ccccc1F. The predicted molar refractivity (Wildman–Crippen MR) is 141 cm³/mol. The van der Waals surface area contributed by atoms with Crippen molar-refractivity contribution in [2.75, 3.05) is 11.5 Å². The fourth-order valence-electron chi connectivity index (χ4n) is 3.59. The van der Waals surface area contributed by atoms with E-state index in [9.17, 15) is 18.8 Å². The van der Waals surface area contributed by atoms with Gasteiger partial charge in [0.15, 0.2) is 11.5 Å². The van der Waals surface area contributed by atoms with Gasteiger partial charge >= 0.3 is 6.03 Å². The molecule has 0 radical (unpaired) electrons. The molecule has 0 unspecified atom stereocenters. The zero-order valence-corrected chi connectivity index (χ0v) is 21.7. The van der Waals surface area contributed by atoms with Gasteiger partial charge in [0.2, 0.25) is 0 Å². The van der Waals surface area contributed by atoms with Crippen molar-refractivity contribution in [2.24, 2.45) is 0 Å². The molecule has 0 saturated carbocycles. The predicted octanol–water partition coefficient (Wildman–Crippen LogP) is 5.38. The number of imide groups is 2. The molecule has 0 bridgehead atoms. The number of carbonyl (C=O) groups excluding carboxylic acids is 3. The molecule has 4 rings (SSSR count). The van der Waals surface area contributed by atoms with E-state index >= 15 is 0 Å². The van der Waals surface area contributed by atoms with Crippen molar-refractivity contribution in [3.8, 4) is 11.5 Å². The Balaban J connectivity index is 1.66. The summed E-state index contributed by atoms with van der Waals surface area (Å²) in [5.41, 5.74) is 2.01. The Morgan fingerprint density at radius 1 is 1.03 bits per heavy atom. The van der Waals surface area contributed by atoms with Gasteiger partial charge in [0.1, 0.15) is 18.0 Å². The number of halogens is 2. The van der Waals surface area contributed by atoms with E-state index in [-0.39, 0.29) is 18.0 Å². The lowest BCUT2D eigenvalue weighted by Gasteiger charge is -2.26. The third-order valence-electron chi connectivity index (χ3n) is 5.37. The Morgan fingerprint density at radius 2 is 1.75 bits per heavy atom. The summed E-state index contributed by atoms with van der Waals surface area (Å²) in [7, 11) is 0. The molecule has 7 nitrogen and oxygen atoms in total. The molecule has 3 aromatic carbocycles.